The van der Waals surface area contributed by atoms with Gasteiger partial charge in [0, 0.05) is 11.4 Å². The first kappa shape index (κ1) is 13.1. The molecular formula is C17H18N2. The summed E-state index contributed by atoms with van der Waals surface area (Å²) in [6.45, 7) is 2.12. The van der Waals surface area contributed by atoms with Crippen LogP contribution in [0, 0.1) is 5.41 Å². The van der Waals surface area contributed by atoms with Crippen LogP contribution in [-0.4, -0.2) is 11.9 Å². The molecule has 0 aliphatic carbocycles. The topological polar surface area (TPSA) is 27.1 Å². The van der Waals surface area contributed by atoms with E-state index in [-0.39, 0.29) is 6.04 Å². The fourth-order valence-electron chi connectivity index (χ4n) is 2.18. The molecule has 19 heavy (non-hydrogen) atoms. The summed E-state index contributed by atoms with van der Waals surface area (Å²) in [6, 6.07) is 20.7. The van der Waals surface area contributed by atoms with E-state index in [1.54, 1.807) is 6.08 Å². The highest BCUT2D eigenvalue weighted by atomic mass is 15.2. The summed E-state index contributed by atoms with van der Waals surface area (Å²) in [5.41, 5.74) is 2.26. The molecule has 1 unspecified atom stereocenters. The highest BCUT2D eigenvalue weighted by Crippen LogP contribution is 2.28. The predicted molar refractivity (Wildman–Crippen MR) is 81.4 cm³/mol. The van der Waals surface area contributed by atoms with Crippen LogP contribution < -0.4 is 4.90 Å². The molecule has 0 saturated heterocycles. The van der Waals surface area contributed by atoms with Gasteiger partial charge in [0.15, 0.2) is 0 Å². The third kappa shape index (κ3) is 3.12. The largest absolute Gasteiger partial charge is 0.334 e. The Balaban J connectivity index is 2.47. The van der Waals surface area contributed by atoms with Gasteiger partial charge in [-0.15, -0.1) is 0 Å². The summed E-state index contributed by atoms with van der Waals surface area (Å²) in [5.74, 6) is 2.42. The van der Waals surface area contributed by atoms with Crippen molar-refractivity contribution in [2.24, 2.45) is 0 Å². The Morgan fingerprint density at radius 2 is 1.47 bits per heavy atom. The Labute approximate surface area is 114 Å². The molecule has 0 aromatic heterocycles. The Morgan fingerprint density at radius 1 is 1.00 bits per heavy atom. The fraction of sp³-hybridized carbons (Fsp3) is 0.176. The maximum absolute atomic E-state index is 7.22. The lowest BCUT2D eigenvalue weighted by Crippen LogP contribution is -2.28. The molecule has 0 spiro atoms. The molecule has 0 fully saturated rings. The second-order valence-corrected chi connectivity index (χ2v) is 4.33. The van der Waals surface area contributed by atoms with Gasteiger partial charge in [0.2, 0.25) is 0 Å². The molecule has 2 rings (SSSR count). The number of para-hydroxylation sites is 2. The van der Waals surface area contributed by atoms with Crippen molar-refractivity contribution < 1.29 is 0 Å². The van der Waals surface area contributed by atoms with Crippen LogP contribution in [0.15, 0.2) is 66.7 Å². The summed E-state index contributed by atoms with van der Waals surface area (Å²) < 4.78 is 0. The van der Waals surface area contributed by atoms with E-state index in [4.69, 9.17) is 5.41 Å². The van der Waals surface area contributed by atoms with Crippen molar-refractivity contribution in [3.8, 4) is 0 Å². The van der Waals surface area contributed by atoms with Crippen molar-refractivity contribution in [1.82, 2.24) is 0 Å². The SMILES string of the molecule is CCC(C=C=N)N(c1ccccc1)c1ccccc1. The molecule has 96 valence electrons. The minimum absolute atomic E-state index is 0.141. The number of hydrogen-bond acceptors (Lipinski definition) is 2. The monoisotopic (exact) mass is 250 g/mol. The van der Waals surface area contributed by atoms with Crippen LogP contribution >= 0.6 is 0 Å². The van der Waals surface area contributed by atoms with Gasteiger partial charge in [0.1, 0.15) is 0 Å². The number of anilines is 2. The van der Waals surface area contributed by atoms with Gasteiger partial charge in [-0.3, -0.25) is 5.41 Å². The van der Waals surface area contributed by atoms with Crippen LogP contribution in [0.5, 0.6) is 0 Å². The fourth-order valence-corrected chi connectivity index (χ4v) is 2.18. The van der Waals surface area contributed by atoms with Crippen molar-refractivity contribution in [2.75, 3.05) is 4.90 Å². The first-order valence-corrected chi connectivity index (χ1v) is 6.51. The van der Waals surface area contributed by atoms with Crippen molar-refractivity contribution in [3.05, 3.63) is 66.7 Å². The van der Waals surface area contributed by atoms with Crippen LogP contribution in [0.3, 0.4) is 0 Å². The highest BCUT2D eigenvalue weighted by Gasteiger charge is 2.16. The maximum Gasteiger partial charge on any atom is 0.0608 e. The third-order valence-corrected chi connectivity index (χ3v) is 3.09. The molecule has 1 N–H and O–H groups in total. The number of benzene rings is 2. The summed E-state index contributed by atoms with van der Waals surface area (Å²) in [4.78, 5) is 2.24. The van der Waals surface area contributed by atoms with E-state index < -0.39 is 0 Å². The van der Waals surface area contributed by atoms with Gasteiger partial charge >= 0.3 is 0 Å². The van der Waals surface area contributed by atoms with Crippen LogP contribution in [0.25, 0.3) is 0 Å². The van der Waals surface area contributed by atoms with E-state index in [1.807, 2.05) is 36.4 Å². The van der Waals surface area contributed by atoms with Gasteiger partial charge in [-0.2, -0.15) is 0 Å². The standard InChI is InChI=1S/C17H18N2/c1-2-15(13-14-18)19(16-9-5-3-6-10-16)17-11-7-4-8-12-17/h3-13,15,18H,2H2,1H3. The van der Waals surface area contributed by atoms with Crippen LogP contribution in [0.4, 0.5) is 11.4 Å². The second-order valence-electron chi connectivity index (χ2n) is 4.33. The summed E-state index contributed by atoms with van der Waals surface area (Å²) in [7, 11) is 0. The Kier molecular flexibility index (Phi) is 4.54. The van der Waals surface area contributed by atoms with E-state index in [9.17, 15) is 0 Å². The molecule has 0 saturated carbocycles. The average Bonchev–Trinajstić information content (AvgIpc) is 2.49. The molecule has 0 radical (unpaired) electrons. The maximum atomic E-state index is 7.22. The zero-order valence-corrected chi connectivity index (χ0v) is 11.1. The molecule has 0 aliphatic heterocycles. The summed E-state index contributed by atoms with van der Waals surface area (Å²) >= 11 is 0. The first-order valence-electron chi connectivity index (χ1n) is 6.51. The van der Waals surface area contributed by atoms with E-state index in [0.717, 1.165) is 17.8 Å². The lowest BCUT2D eigenvalue weighted by molar-refractivity contribution is 0.754. The molecule has 0 aliphatic rings. The smallest absolute Gasteiger partial charge is 0.0608 e. The lowest BCUT2D eigenvalue weighted by atomic mass is 10.1. The molecule has 0 heterocycles. The van der Waals surface area contributed by atoms with Gasteiger partial charge in [0.05, 0.1) is 6.04 Å². The minimum atomic E-state index is 0.141. The van der Waals surface area contributed by atoms with E-state index >= 15 is 0 Å². The molecule has 2 nitrogen and oxygen atoms in total. The quantitative estimate of drug-likeness (QED) is 0.782. The van der Waals surface area contributed by atoms with Crippen molar-refractivity contribution in [2.45, 2.75) is 19.4 Å². The van der Waals surface area contributed by atoms with Crippen molar-refractivity contribution in [3.63, 3.8) is 0 Å². The van der Waals surface area contributed by atoms with E-state index in [0.29, 0.717) is 0 Å². The Bertz CT molecular complexity index is 502. The zero-order chi connectivity index (χ0) is 13.5. The molecule has 2 heteroatoms. The number of rotatable bonds is 5. The predicted octanol–water partition coefficient (Wildman–Crippen LogP) is 4.41. The highest BCUT2D eigenvalue weighted by molar-refractivity contribution is 5.66. The number of nitrogens with zero attached hydrogens (tertiary/aromatic N) is 1. The normalized spacial score (nSPS) is 11.4. The Hall–Kier alpha value is -2.31. The molecule has 2 aromatic carbocycles. The van der Waals surface area contributed by atoms with Crippen molar-refractivity contribution >= 4 is 17.2 Å². The average molecular weight is 250 g/mol. The zero-order valence-electron chi connectivity index (χ0n) is 11.1. The van der Waals surface area contributed by atoms with Gasteiger partial charge < -0.3 is 4.90 Å². The number of nitrogens with one attached hydrogen (secondary N) is 1. The molecule has 0 bridgehead atoms. The number of hydrogen-bond donors (Lipinski definition) is 1. The molecular weight excluding hydrogens is 232 g/mol. The first-order chi connectivity index (χ1) is 9.36. The van der Waals surface area contributed by atoms with Gasteiger partial charge in [-0.25, -0.2) is 0 Å². The lowest BCUT2D eigenvalue weighted by Gasteiger charge is -2.31. The summed E-state index contributed by atoms with van der Waals surface area (Å²) in [5, 5.41) is 7.22. The van der Waals surface area contributed by atoms with Crippen LogP contribution in [0.1, 0.15) is 13.3 Å². The summed E-state index contributed by atoms with van der Waals surface area (Å²) in [6.07, 6.45) is 2.73. The van der Waals surface area contributed by atoms with Crippen LogP contribution in [0.2, 0.25) is 0 Å². The van der Waals surface area contributed by atoms with Gasteiger partial charge in [0.25, 0.3) is 0 Å². The van der Waals surface area contributed by atoms with Gasteiger partial charge in [-0.05, 0) is 42.6 Å². The van der Waals surface area contributed by atoms with E-state index in [2.05, 4.69) is 42.0 Å². The Morgan fingerprint density at radius 3 is 1.84 bits per heavy atom. The van der Waals surface area contributed by atoms with E-state index in [1.165, 1.54) is 0 Å². The molecule has 0 amide bonds. The van der Waals surface area contributed by atoms with Crippen molar-refractivity contribution in [1.29, 1.82) is 5.41 Å². The van der Waals surface area contributed by atoms with Gasteiger partial charge in [-0.1, -0.05) is 43.3 Å². The third-order valence-electron chi connectivity index (χ3n) is 3.09. The minimum Gasteiger partial charge on any atom is -0.334 e. The molecule has 2 aromatic rings. The second kappa shape index (κ2) is 6.58. The van der Waals surface area contributed by atoms with Crippen LogP contribution in [-0.2, 0) is 0 Å². The molecule has 1 atom stereocenters.